The maximum Gasteiger partial charge on any atom is 0.163 e. The topological polar surface area (TPSA) is 17.1 Å². The first-order chi connectivity index (χ1) is 6.74. The first kappa shape index (κ1) is 11.0. The van der Waals surface area contributed by atoms with Gasteiger partial charge in [0.2, 0.25) is 0 Å². The molecule has 0 spiro atoms. The summed E-state index contributed by atoms with van der Waals surface area (Å²) >= 11 is 0. The highest BCUT2D eigenvalue weighted by Crippen LogP contribution is 2.13. The van der Waals surface area contributed by atoms with E-state index in [-0.39, 0.29) is 5.78 Å². The fourth-order valence-corrected chi connectivity index (χ4v) is 1.65. The van der Waals surface area contributed by atoms with Crippen LogP contribution in [-0.2, 0) is 0 Å². The minimum atomic E-state index is 0.270. The molecule has 0 bridgehead atoms. The van der Waals surface area contributed by atoms with Crippen LogP contribution in [0.1, 0.15) is 43.5 Å². The number of benzene rings is 1. The summed E-state index contributed by atoms with van der Waals surface area (Å²) in [6.07, 6.45) is 2.97. The van der Waals surface area contributed by atoms with E-state index < -0.39 is 0 Å². The van der Waals surface area contributed by atoms with E-state index in [1.54, 1.807) is 0 Å². The van der Waals surface area contributed by atoms with Crippen molar-refractivity contribution in [3.63, 3.8) is 0 Å². The first-order valence-corrected chi connectivity index (χ1v) is 5.32. The molecule has 0 saturated carbocycles. The van der Waals surface area contributed by atoms with Gasteiger partial charge in [-0.1, -0.05) is 57.0 Å². The second kappa shape index (κ2) is 5.58. The lowest BCUT2D eigenvalue weighted by Crippen LogP contribution is -2.05. The molecule has 1 heteroatoms. The Labute approximate surface area is 86.1 Å². The summed E-state index contributed by atoms with van der Waals surface area (Å²) in [5.74, 6) is 0.777. The lowest BCUT2D eigenvalue weighted by atomic mass is 9.96. The zero-order chi connectivity index (χ0) is 10.4. The molecule has 0 amide bonds. The molecule has 1 aromatic carbocycles. The number of carbonyl (C=O) groups is 1. The van der Waals surface area contributed by atoms with Gasteiger partial charge in [-0.05, 0) is 5.92 Å². The Bertz CT molecular complexity index is 277. The van der Waals surface area contributed by atoms with Crippen LogP contribution in [0.15, 0.2) is 30.3 Å². The number of Topliss-reactive ketones (excluding diaryl/α,β-unsaturated/α-hetero) is 1. The van der Waals surface area contributed by atoms with Crippen LogP contribution in [0, 0.1) is 5.92 Å². The molecule has 14 heavy (non-hydrogen) atoms. The Kier molecular flexibility index (Phi) is 4.37. The van der Waals surface area contributed by atoms with E-state index in [2.05, 4.69) is 13.8 Å². The SMILES string of the molecule is CCC[C@H](C)CC(=O)c1ccccc1. The molecule has 0 aliphatic carbocycles. The van der Waals surface area contributed by atoms with Crippen molar-refractivity contribution in [1.82, 2.24) is 0 Å². The number of ketones is 1. The zero-order valence-corrected chi connectivity index (χ0v) is 8.99. The van der Waals surface area contributed by atoms with Crippen molar-refractivity contribution in [2.45, 2.75) is 33.1 Å². The summed E-state index contributed by atoms with van der Waals surface area (Å²) in [5, 5.41) is 0. The normalized spacial score (nSPS) is 12.4. The van der Waals surface area contributed by atoms with Gasteiger partial charge in [-0.15, -0.1) is 0 Å². The Hall–Kier alpha value is -1.11. The average molecular weight is 190 g/mol. The predicted molar refractivity (Wildman–Crippen MR) is 59.5 cm³/mol. The molecule has 1 atom stereocenters. The van der Waals surface area contributed by atoms with Crippen LogP contribution in [0.2, 0.25) is 0 Å². The Morgan fingerprint density at radius 2 is 1.93 bits per heavy atom. The number of rotatable bonds is 5. The fraction of sp³-hybridized carbons (Fsp3) is 0.462. The van der Waals surface area contributed by atoms with Gasteiger partial charge in [0, 0.05) is 12.0 Å². The first-order valence-electron chi connectivity index (χ1n) is 5.32. The number of carbonyl (C=O) groups excluding carboxylic acids is 1. The van der Waals surface area contributed by atoms with E-state index in [0.29, 0.717) is 12.3 Å². The van der Waals surface area contributed by atoms with Crippen LogP contribution < -0.4 is 0 Å². The highest BCUT2D eigenvalue weighted by molar-refractivity contribution is 5.96. The van der Waals surface area contributed by atoms with Crippen molar-refractivity contribution in [3.05, 3.63) is 35.9 Å². The quantitative estimate of drug-likeness (QED) is 0.647. The maximum atomic E-state index is 11.7. The lowest BCUT2D eigenvalue weighted by Gasteiger charge is -2.08. The minimum Gasteiger partial charge on any atom is -0.294 e. The number of hydrogen-bond acceptors (Lipinski definition) is 1. The van der Waals surface area contributed by atoms with Crippen LogP contribution in [0.3, 0.4) is 0 Å². The molecular weight excluding hydrogens is 172 g/mol. The molecule has 0 radical (unpaired) electrons. The summed E-state index contributed by atoms with van der Waals surface area (Å²) in [6, 6.07) is 9.55. The van der Waals surface area contributed by atoms with Crippen molar-refractivity contribution in [2.75, 3.05) is 0 Å². The summed E-state index contributed by atoms with van der Waals surface area (Å²) in [5.41, 5.74) is 0.843. The van der Waals surface area contributed by atoms with Gasteiger partial charge in [-0.3, -0.25) is 4.79 Å². The van der Waals surface area contributed by atoms with E-state index >= 15 is 0 Å². The average Bonchev–Trinajstić information content (AvgIpc) is 2.19. The van der Waals surface area contributed by atoms with E-state index in [9.17, 15) is 4.79 Å². The van der Waals surface area contributed by atoms with Gasteiger partial charge in [0.15, 0.2) is 5.78 Å². The second-order valence-corrected chi connectivity index (χ2v) is 3.89. The van der Waals surface area contributed by atoms with Crippen LogP contribution in [-0.4, -0.2) is 5.78 Å². The maximum absolute atomic E-state index is 11.7. The van der Waals surface area contributed by atoms with Crippen LogP contribution in [0.25, 0.3) is 0 Å². The zero-order valence-electron chi connectivity index (χ0n) is 8.99. The molecular formula is C13H18O. The van der Waals surface area contributed by atoms with E-state index in [1.807, 2.05) is 30.3 Å². The summed E-state index contributed by atoms with van der Waals surface area (Å²) < 4.78 is 0. The third-order valence-corrected chi connectivity index (χ3v) is 2.41. The highest BCUT2D eigenvalue weighted by atomic mass is 16.1. The van der Waals surface area contributed by atoms with Gasteiger partial charge in [0.1, 0.15) is 0 Å². The fourth-order valence-electron chi connectivity index (χ4n) is 1.65. The summed E-state index contributed by atoms with van der Waals surface area (Å²) in [7, 11) is 0. The Balaban J connectivity index is 2.51. The Morgan fingerprint density at radius 3 is 2.50 bits per heavy atom. The van der Waals surface area contributed by atoms with Crippen LogP contribution in [0.4, 0.5) is 0 Å². The van der Waals surface area contributed by atoms with E-state index in [0.717, 1.165) is 18.4 Å². The summed E-state index contributed by atoms with van der Waals surface area (Å²) in [4.78, 5) is 11.7. The third kappa shape index (κ3) is 3.33. The van der Waals surface area contributed by atoms with E-state index in [1.165, 1.54) is 0 Å². The molecule has 0 saturated heterocycles. The van der Waals surface area contributed by atoms with E-state index in [4.69, 9.17) is 0 Å². The van der Waals surface area contributed by atoms with Crippen molar-refractivity contribution in [1.29, 1.82) is 0 Å². The van der Waals surface area contributed by atoms with Gasteiger partial charge in [0.25, 0.3) is 0 Å². The smallest absolute Gasteiger partial charge is 0.163 e. The van der Waals surface area contributed by atoms with Crippen LogP contribution >= 0.6 is 0 Å². The largest absolute Gasteiger partial charge is 0.294 e. The molecule has 0 aliphatic heterocycles. The van der Waals surface area contributed by atoms with Gasteiger partial charge < -0.3 is 0 Å². The van der Waals surface area contributed by atoms with Gasteiger partial charge >= 0.3 is 0 Å². The summed E-state index contributed by atoms with van der Waals surface area (Å²) in [6.45, 7) is 4.30. The molecule has 0 aromatic heterocycles. The molecule has 1 aromatic rings. The third-order valence-electron chi connectivity index (χ3n) is 2.41. The van der Waals surface area contributed by atoms with Crippen LogP contribution in [0.5, 0.6) is 0 Å². The second-order valence-electron chi connectivity index (χ2n) is 3.89. The molecule has 1 nitrogen and oxygen atoms in total. The predicted octanol–water partition coefficient (Wildman–Crippen LogP) is 3.70. The molecule has 0 aliphatic rings. The van der Waals surface area contributed by atoms with Crippen molar-refractivity contribution >= 4 is 5.78 Å². The molecule has 1 rings (SSSR count). The highest BCUT2D eigenvalue weighted by Gasteiger charge is 2.09. The van der Waals surface area contributed by atoms with Crippen molar-refractivity contribution in [2.24, 2.45) is 5.92 Å². The lowest BCUT2D eigenvalue weighted by molar-refractivity contribution is 0.0962. The molecule has 0 N–H and O–H groups in total. The van der Waals surface area contributed by atoms with Gasteiger partial charge in [-0.2, -0.15) is 0 Å². The number of hydrogen-bond donors (Lipinski definition) is 0. The van der Waals surface area contributed by atoms with Crippen molar-refractivity contribution in [3.8, 4) is 0 Å². The molecule has 0 fully saturated rings. The molecule has 0 heterocycles. The molecule has 0 unspecified atom stereocenters. The van der Waals surface area contributed by atoms with Crippen molar-refractivity contribution < 1.29 is 4.79 Å². The minimum absolute atomic E-state index is 0.270. The van der Waals surface area contributed by atoms with Gasteiger partial charge in [0.05, 0.1) is 0 Å². The van der Waals surface area contributed by atoms with Gasteiger partial charge in [-0.25, -0.2) is 0 Å². The standard InChI is InChI=1S/C13H18O/c1-3-7-11(2)10-13(14)12-8-5-4-6-9-12/h4-6,8-9,11H,3,7,10H2,1-2H3/t11-/m0/s1. The monoisotopic (exact) mass is 190 g/mol. The molecule has 76 valence electrons. The Morgan fingerprint density at radius 1 is 1.29 bits per heavy atom.